The van der Waals surface area contributed by atoms with Crippen LogP contribution in [0.3, 0.4) is 0 Å². The lowest BCUT2D eigenvalue weighted by atomic mass is 10.4. The first-order valence-electron chi connectivity index (χ1n) is 5.39. The molecule has 0 aromatic carbocycles. The van der Waals surface area contributed by atoms with Gasteiger partial charge in [0.1, 0.15) is 5.69 Å². The molecule has 0 saturated heterocycles. The highest BCUT2D eigenvalue weighted by atomic mass is 32.2. The molecule has 18 heavy (non-hydrogen) atoms. The third-order valence-electron chi connectivity index (χ3n) is 2.47. The van der Waals surface area contributed by atoms with Crippen LogP contribution in [0.4, 0.5) is 0 Å². The Hall–Kier alpha value is -1.74. The smallest absolute Gasteiger partial charge is 0.273 e. The van der Waals surface area contributed by atoms with Crippen LogP contribution in [0.2, 0.25) is 0 Å². The number of hydrogen-bond acceptors (Lipinski definition) is 5. The number of nitrogens with two attached hydrogens (primary N) is 1. The standard InChI is InChI=1S/C9H14N6O2S/c1-3-6-15-8(7-4-5-11-14(7)2)12-13-9(15)18(10,16)17/h4-5H,3,6H2,1-2H3,(H2,10,16,17). The summed E-state index contributed by atoms with van der Waals surface area (Å²) in [6.07, 6.45) is 2.35. The lowest BCUT2D eigenvalue weighted by Crippen LogP contribution is -2.19. The molecule has 0 radical (unpaired) electrons. The van der Waals surface area contributed by atoms with Crippen molar-refractivity contribution < 1.29 is 8.42 Å². The molecular weight excluding hydrogens is 256 g/mol. The van der Waals surface area contributed by atoms with Gasteiger partial charge in [0.15, 0.2) is 5.82 Å². The van der Waals surface area contributed by atoms with E-state index in [-0.39, 0.29) is 5.16 Å². The second-order valence-electron chi connectivity index (χ2n) is 3.84. The Morgan fingerprint density at radius 3 is 2.61 bits per heavy atom. The summed E-state index contributed by atoms with van der Waals surface area (Å²) in [4.78, 5) is 0. The van der Waals surface area contributed by atoms with E-state index in [4.69, 9.17) is 5.14 Å². The molecule has 0 bridgehead atoms. The van der Waals surface area contributed by atoms with E-state index in [0.717, 1.165) is 6.42 Å². The summed E-state index contributed by atoms with van der Waals surface area (Å²) < 4.78 is 25.9. The summed E-state index contributed by atoms with van der Waals surface area (Å²) in [5.74, 6) is 0.445. The van der Waals surface area contributed by atoms with E-state index in [9.17, 15) is 8.42 Å². The van der Waals surface area contributed by atoms with Gasteiger partial charge in [-0.25, -0.2) is 13.6 Å². The fourth-order valence-electron chi connectivity index (χ4n) is 1.71. The van der Waals surface area contributed by atoms with Crippen LogP contribution in [0.5, 0.6) is 0 Å². The summed E-state index contributed by atoms with van der Waals surface area (Å²) in [6.45, 7) is 2.40. The predicted octanol–water partition coefficient (Wildman–Crippen LogP) is -0.264. The molecule has 2 rings (SSSR count). The van der Waals surface area contributed by atoms with Crippen LogP contribution in [-0.2, 0) is 23.6 Å². The SMILES string of the molecule is CCCn1c(-c2ccnn2C)nnc1S(N)(=O)=O. The first kappa shape index (κ1) is 12.7. The van der Waals surface area contributed by atoms with E-state index >= 15 is 0 Å². The molecule has 0 aliphatic heterocycles. The van der Waals surface area contributed by atoms with Crippen LogP contribution in [0.15, 0.2) is 17.4 Å². The average Bonchev–Trinajstić information content (AvgIpc) is 2.84. The molecule has 2 heterocycles. The predicted molar refractivity (Wildman–Crippen MR) is 63.9 cm³/mol. The summed E-state index contributed by atoms with van der Waals surface area (Å²) in [5, 5.41) is 16.5. The Labute approximate surface area is 104 Å². The second-order valence-corrected chi connectivity index (χ2v) is 5.30. The molecule has 2 N–H and O–H groups in total. The maximum Gasteiger partial charge on any atom is 0.273 e. The third kappa shape index (κ3) is 2.14. The maximum absolute atomic E-state index is 11.4. The maximum atomic E-state index is 11.4. The van der Waals surface area contributed by atoms with Crippen molar-refractivity contribution in [3.05, 3.63) is 12.3 Å². The van der Waals surface area contributed by atoms with Crippen LogP contribution in [0, 0.1) is 0 Å². The summed E-state index contributed by atoms with van der Waals surface area (Å²) in [6, 6.07) is 1.74. The number of primary sulfonamides is 1. The highest BCUT2D eigenvalue weighted by Crippen LogP contribution is 2.19. The number of sulfonamides is 1. The highest BCUT2D eigenvalue weighted by Gasteiger charge is 2.22. The minimum atomic E-state index is -3.88. The second kappa shape index (κ2) is 4.50. The lowest BCUT2D eigenvalue weighted by molar-refractivity contribution is 0.558. The summed E-state index contributed by atoms with van der Waals surface area (Å²) in [7, 11) is -2.13. The van der Waals surface area contributed by atoms with E-state index in [1.807, 2.05) is 6.92 Å². The fraction of sp³-hybridized carbons (Fsp3) is 0.444. The van der Waals surface area contributed by atoms with Crippen molar-refractivity contribution in [3.63, 3.8) is 0 Å². The van der Waals surface area contributed by atoms with Gasteiger partial charge in [-0.1, -0.05) is 6.92 Å². The Balaban J connectivity index is 2.63. The fourth-order valence-corrected chi connectivity index (χ4v) is 2.35. The molecule has 0 spiro atoms. The third-order valence-corrected chi connectivity index (χ3v) is 3.28. The van der Waals surface area contributed by atoms with Gasteiger partial charge in [-0.15, -0.1) is 10.2 Å². The largest absolute Gasteiger partial charge is 0.295 e. The van der Waals surface area contributed by atoms with Crippen molar-refractivity contribution in [1.82, 2.24) is 24.5 Å². The first-order chi connectivity index (χ1) is 8.45. The van der Waals surface area contributed by atoms with Gasteiger partial charge in [0.05, 0.1) is 0 Å². The molecule has 0 saturated carbocycles. The van der Waals surface area contributed by atoms with Crippen molar-refractivity contribution in [2.45, 2.75) is 25.0 Å². The van der Waals surface area contributed by atoms with Crippen LogP contribution < -0.4 is 5.14 Å². The van der Waals surface area contributed by atoms with E-state index in [0.29, 0.717) is 18.1 Å². The van der Waals surface area contributed by atoms with Gasteiger partial charge in [-0.2, -0.15) is 5.10 Å². The number of rotatable bonds is 4. The lowest BCUT2D eigenvalue weighted by Gasteiger charge is -2.07. The topological polar surface area (TPSA) is 109 Å². The minimum Gasteiger partial charge on any atom is -0.295 e. The van der Waals surface area contributed by atoms with Crippen LogP contribution in [0.25, 0.3) is 11.5 Å². The van der Waals surface area contributed by atoms with Gasteiger partial charge in [-0.05, 0) is 12.5 Å². The normalized spacial score (nSPS) is 11.9. The van der Waals surface area contributed by atoms with E-state index in [1.165, 1.54) is 4.57 Å². The number of aromatic nitrogens is 5. The summed E-state index contributed by atoms with van der Waals surface area (Å²) >= 11 is 0. The van der Waals surface area contributed by atoms with Crippen LogP contribution >= 0.6 is 0 Å². The van der Waals surface area contributed by atoms with Gasteiger partial charge in [0.2, 0.25) is 0 Å². The monoisotopic (exact) mass is 270 g/mol. The number of aryl methyl sites for hydroxylation is 1. The molecule has 0 aliphatic rings. The van der Waals surface area contributed by atoms with Gasteiger partial charge in [-0.3, -0.25) is 9.25 Å². The molecule has 0 fully saturated rings. The minimum absolute atomic E-state index is 0.222. The van der Waals surface area contributed by atoms with Crippen molar-refractivity contribution in [3.8, 4) is 11.5 Å². The van der Waals surface area contributed by atoms with Crippen molar-refractivity contribution in [2.24, 2.45) is 12.2 Å². The van der Waals surface area contributed by atoms with Crippen LogP contribution in [-0.4, -0.2) is 33.0 Å². The van der Waals surface area contributed by atoms with Crippen molar-refractivity contribution in [1.29, 1.82) is 0 Å². The van der Waals surface area contributed by atoms with E-state index in [2.05, 4.69) is 15.3 Å². The Morgan fingerprint density at radius 2 is 2.11 bits per heavy atom. The molecule has 0 aliphatic carbocycles. The molecule has 98 valence electrons. The highest BCUT2D eigenvalue weighted by molar-refractivity contribution is 7.89. The van der Waals surface area contributed by atoms with Gasteiger partial charge < -0.3 is 0 Å². The number of nitrogens with zero attached hydrogens (tertiary/aromatic N) is 5. The molecule has 0 amide bonds. The van der Waals surface area contributed by atoms with Gasteiger partial charge >= 0.3 is 0 Å². The van der Waals surface area contributed by atoms with Gasteiger partial charge in [0, 0.05) is 19.8 Å². The average molecular weight is 270 g/mol. The number of hydrogen-bond donors (Lipinski definition) is 1. The zero-order valence-electron chi connectivity index (χ0n) is 10.1. The Kier molecular flexibility index (Phi) is 3.18. The van der Waals surface area contributed by atoms with E-state index < -0.39 is 10.0 Å². The molecule has 9 heteroatoms. The molecule has 2 aromatic rings. The Morgan fingerprint density at radius 1 is 1.39 bits per heavy atom. The quantitative estimate of drug-likeness (QED) is 0.823. The van der Waals surface area contributed by atoms with Crippen molar-refractivity contribution in [2.75, 3.05) is 0 Å². The Bertz CT molecular complexity index is 656. The zero-order valence-corrected chi connectivity index (χ0v) is 10.9. The molecule has 2 aromatic heterocycles. The van der Waals surface area contributed by atoms with Crippen LogP contribution in [0.1, 0.15) is 13.3 Å². The molecule has 8 nitrogen and oxygen atoms in total. The first-order valence-corrected chi connectivity index (χ1v) is 6.94. The zero-order chi connectivity index (χ0) is 13.3. The summed E-state index contributed by atoms with van der Waals surface area (Å²) in [5.41, 5.74) is 0.686. The molecule has 0 atom stereocenters. The van der Waals surface area contributed by atoms with Gasteiger partial charge in [0.25, 0.3) is 15.2 Å². The van der Waals surface area contributed by atoms with E-state index in [1.54, 1.807) is 24.0 Å². The molecular formula is C9H14N6O2S. The van der Waals surface area contributed by atoms with Crippen molar-refractivity contribution >= 4 is 10.0 Å². The molecule has 0 unspecified atom stereocenters.